The zero-order valence-corrected chi connectivity index (χ0v) is 16.9. The molecule has 2 aromatic rings. The molecule has 0 fully saturated rings. The van der Waals surface area contributed by atoms with Gasteiger partial charge in [0.2, 0.25) is 0 Å². The van der Waals surface area contributed by atoms with E-state index in [1.54, 1.807) is 36.8 Å². The fraction of sp³-hybridized carbons (Fsp3) is 0.467. The summed E-state index contributed by atoms with van der Waals surface area (Å²) >= 11 is 6.83. The molecule has 23 heavy (non-hydrogen) atoms. The van der Waals surface area contributed by atoms with Gasteiger partial charge in [0.25, 0.3) is 0 Å². The normalized spacial score (nSPS) is 13.2. The van der Waals surface area contributed by atoms with Gasteiger partial charge < -0.3 is 15.0 Å². The summed E-state index contributed by atoms with van der Waals surface area (Å²) in [6, 6.07) is 4.16. The van der Waals surface area contributed by atoms with Gasteiger partial charge in [-0.3, -0.25) is 4.99 Å². The van der Waals surface area contributed by atoms with E-state index in [4.69, 9.17) is 4.74 Å². The summed E-state index contributed by atoms with van der Waals surface area (Å²) in [4.78, 5) is 12.3. The first-order chi connectivity index (χ1) is 11.0. The van der Waals surface area contributed by atoms with Crippen LogP contribution in [-0.4, -0.2) is 37.0 Å². The zero-order valence-electron chi connectivity index (χ0n) is 13.7. The highest BCUT2D eigenvalue weighted by Crippen LogP contribution is 2.22. The minimum absolute atomic E-state index is 0.0359. The summed E-state index contributed by atoms with van der Waals surface area (Å²) in [6.45, 7) is 3.48. The minimum Gasteiger partial charge on any atom is -0.375 e. The molecule has 0 spiro atoms. The molecule has 0 saturated heterocycles. The average Bonchev–Trinajstić information content (AvgIpc) is 3.16. The van der Waals surface area contributed by atoms with Crippen LogP contribution in [0.3, 0.4) is 0 Å². The number of methoxy groups -OCH3 is 1. The van der Waals surface area contributed by atoms with E-state index >= 15 is 0 Å². The quantitative estimate of drug-likeness (QED) is 0.573. The van der Waals surface area contributed by atoms with Gasteiger partial charge in [-0.1, -0.05) is 0 Å². The molecule has 0 saturated carbocycles. The fourth-order valence-corrected chi connectivity index (χ4v) is 4.26. The van der Waals surface area contributed by atoms with Gasteiger partial charge in [0.1, 0.15) is 11.1 Å². The summed E-state index contributed by atoms with van der Waals surface area (Å²) in [5, 5.41) is 6.45. The summed E-state index contributed by atoms with van der Waals surface area (Å²) in [5.74, 6) is 0.851. The van der Waals surface area contributed by atoms with E-state index < -0.39 is 0 Å². The maximum atomic E-state index is 5.31. The van der Waals surface area contributed by atoms with Crippen LogP contribution in [0, 0.1) is 0 Å². The first-order valence-electron chi connectivity index (χ1n) is 7.16. The van der Waals surface area contributed by atoms with E-state index in [1.165, 1.54) is 4.88 Å². The molecule has 0 radical (unpaired) electrons. The van der Waals surface area contributed by atoms with Gasteiger partial charge in [-0.2, -0.15) is 0 Å². The molecule has 1 unspecified atom stereocenters. The molecule has 0 amide bonds. The van der Waals surface area contributed by atoms with Crippen LogP contribution in [-0.2, 0) is 17.8 Å². The van der Waals surface area contributed by atoms with Crippen LogP contribution in [0.1, 0.15) is 28.6 Å². The number of nitrogens with one attached hydrogen (secondary N) is 1. The van der Waals surface area contributed by atoms with E-state index in [9.17, 15) is 0 Å². The van der Waals surface area contributed by atoms with Gasteiger partial charge in [-0.15, -0.1) is 22.7 Å². The molecule has 8 heteroatoms. The minimum atomic E-state index is 0.0359. The highest BCUT2D eigenvalue weighted by Gasteiger charge is 2.12. The molecule has 126 valence electrons. The van der Waals surface area contributed by atoms with Crippen molar-refractivity contribution in [2.75, 3.05) is 21.2 Å². The number of guanidine groups is 1. The average molecular weight is 417 g/mol. The number of thiophene rings is 1. The lowest BCUT2D eigenvalue weighted by atomic mass is 10.4. The van der Waals surface area contributed by atoms with Gasteiger partial charge in [-0.25, -0.2) is 4.98 Å². The van der Waals surface area contributed by atoms with Crippen molar-refractivity contribution in [1.29, 1.82) is 0 Å². The molecule has 2 rings (SSSR count). The van der Waals surface area contributed by atoms with Gasteiger partial charge in [-0.05, 0) is 35.0 Å². The Balaban J connectivity index is 1.92. The van der Waals surface area contributed by atoms with Gasteiger partial charge in [0, 0.05) is 31.5 Å². The SMILES string of the molecule is CN=C(NCc1ccc(Br)s1)N(C)Cc1csc(C(C)OC)n1. The summed E-state index contributed by atoms with van der Waals surface area (Å²) in [5.41, 5.74) is 1.03. The molecule has 0 aliphatic carbocycles. The lowest BCUT2D eigenvalue weighted by molar-refractivity contribution is 0.119. The van der Waals surface area contributed by atoms with Crippen LogP contribution in [0.2, 0.25) is 0 Å². The number of rotatable bonds is 6. The van der Waals surface area contributed by atoms with Gasteiger partial charge >= 0.3 is 0 Å². The number of hydrogen-bond donors (Lipinski definition) is 1. The molecule has 1 atom stereocenters. The topological polar surface area (TPSA) is 49.8 Å². The second-order valence-corrected chi connectivity index (χ2v) is 8.45. The van der Waals surface area contributed by atoms with Crippen molar-refractivity contribution in [2.45, 2.75) is 26.1 Å². The summed E-state index contributed by atoms with van der Waals surface area (Å²) in [7, 11) is 5.51. The lowest BCUT2D eigenvalue weighted by Crippen LogP contribution is -2.37. The summed E-state index contributed by atoms with van der Waals surface area (Å²) < 4.78 is 6.45. The Labute approximate surface area is 153 Å². The molecule has 0 bridgehead atoms. The summed E-state index contributed by atoms with van der Waals surface area (Å²) in [6.07, 6.45) is 0.0359. The molecule has 5 nitrogen and oxygen atoms in total. The molecule has 2 aromatic heterocycles. The number of hydrogen-bond acceptors (Lipinski definition) is 5. The van der Waals surface area contributed by atoms with Crippen molar-refractivity contribution in [1.82, 2.24) is 15.2 Å². The van der Waals surface area contributed by atoms with E-state index in [1.807, 2.05) is 14.0 Å². The van der Waals surface area contributed by atoms with Crippen molar-refractivity contribution >= 4 is 44.6 Å². The monoisotopic (exact) mass is 416 g/mol. The lowest BCUT2D eigenvalue weighted by Gasteiger charge is -2.21. The van der Waals surface area contributed by atoms with Crippen molar-refractivity contribution < 1.29 is 4.74 Å². The van der Waals surface area contributed by atoms with Crippen molar-refractivity contribution in [3.63, 3.8) is 0 Å². The van der Waals surface area contributed by atoms with E-state index in [-0.39, 0.29) is 6.10 Å². The largest absolute Gasteiger partial charge is 0.375 e. The molecular formula is C15H21BrN4OS2. The first kappa shape index (κ1) is 18.4. The molecule has 0 aromatic carbocycles. The second-order valence-electron chi connectivity index (χ2n) is 5.02. The number of aliphatic imine (C=N–C) groups is 1. The smallest absolute Gasteiger partial charge is 0.194 e. The Morgan fingerprint density at radius 3 is 2.91 bits per heavy atom. The molecule has 2 heterocycles. The van der Waals surface area contributed by atoms with E-state index in [2.05, 4.69) is 53.6 Å². The number of ether oxygens (including phenoxy) is 1. The Morgan fingerprint density at radius 2 is 2.30 bits per heavy atom. The number of aromatic nitrogens is 1. The third kappa shape index (κ3) is 5.27. The fourth-order valence-electron chi connectivity index (χ4n) is 2.00. The number of nitrogens with zero attached hydrogens (tertiary/aromatic N) is 3. The Bertz CT molecular complexity index is 655. The maximum Gasteiger partial charge on any atom is 0.194 e. The van der Waals surface area contributed by atoms with Crippen LogP contribution >= 0.6 is 38.6 Å². The van der Waals surface area contributed by atoms with Crippen LogP contribution in [0.15, 0.2) is 26.3 Å². The van der Waals surface area contributed by atoms with Crippen LogP contribution in [0.25, 0.3) is 0 Å². The van der Waals surface area contributed by atoms with Crippen LogP contribution in [0.5, 0.6) is 0 Å². The van der Waals surface area contributed by atoms with Gasteiger partial charge in [0.05, 0.1) is 22.6 Å². The molecule has 0 aliphatic rings. The third-order valence-electron chi connectivity index (χ3n) is 3.29. The molecular weight excluding hydrogens is 396 g/mol. The first-order valence-corrected chi connectivity index (χ1v) is 9.65. The zero-order chi connectivity index (χ0) is 16.8. The van der Waals surface area contributed by atoms with Crippen molar-refractivity contribution in [3.05, 3.63) is 36.9 Å². The predicted octanol–water partition coefficient (Wildman–Crippen LogP) is 3.88. The van der Waals surface area contributed by atoms with Crippen molar-refractivity contribution in [2.24, 2.45) is 4.99 Å². The highest BCUT2D eigenvalue weighted by atomic mass is 79.9. The Kier molecular flexibility index (Phi) is 7.01. The van der Waals surface area contributed by atoms with Crippen molar-refractivity contribution in [3.8, 4) is 0 Å². The van der Waals surface area contributed by atoms with Crippen LogP contribution in [0.4, 0.5) is 0 Å². The Morgan fingerprint density at radius 1 is 1.52 bits per heavy atom. The van der Waals surface area contributed by atoms with Crippen LogP contribution < -0.4 is 5.32 Å². The maximum absolute atomic E-state index is 5.31. The van der Waals surface area contributed by atoms with E-state index in [0.29, 0.717) is 6.54 Å². The Hall–Kier alpha value is -0.960. The van der Waals surface area contributed by atoms with Gasteiger partial charge in [0.15, 0.2) is 5.96 Å². The van der Waals surface area contributed by atoms with E-state index in [0.717, 1.165) is 27.0 Å². The second kappa shape index (κ2) is 8.77. The predicted molar refractivity (Wildman–Crippen MR) is 101 cm³/mol. The number of thiazole rings is 1. The standard InChI is InChI=1S/C15H21BrN4OS2/c1-10(21-4)14-19-11(9-22-14)8-20(3)15(17-2)18-7-12-5-6-13(16)23-12/h5-6,9-10H,7-8H2,1-4H3,(H,17,18). The number of halogens is 1. The highest BCUT2D eigenvalue weighted by molar-refractivity contribution is 9.11. The molecule has 0 aliphatic heterocycles. The third-order valence-corrected chi connectivity index (χ3v) is 5.97. The molecule has 1 N–H and O–H groups in total.